The number of sulfonamides is 1. The van der Waals surface area contributed by atoms with Crippen LogP contribution in [0.5, 0.6) is 0 Å². The molecule has 1 unspecified atom stereocenters. The average Bonchev–Trinajstić information content (AvgIpc) is 2.62. The molecular formula is C16H15N3O5S. The van der Waals surface area contributed by atoms with Crippen LogP contribution in [0.25, 0.3) is 0 Å². The predicted molar refractivity (Wildman–Crippen MR) is 89.2 cm³/mol. The fraction of sp³-hybridized carbons (Fsp3) is 0.188. The summed E-state index contributed by atoms with van der Waals surface area (Å²) in [6.45, 7) is 0.257. The van der Waals surface area contributed by atoms with E-state index in [2.05, 4.69) is 5.32 Å². The van der Waals surface area contributed by atoms with E-state index < -0.39 is 26.9 Å². The van der Waals surface area contributed by atoms with Crippen molar-refractivity contribution in [2.75, 3.05) is 13.1 Å². The second-order valence-electron chi connectivity index (χ2n) is 5.47. The van der Waals surface area contributed by atoms with Gasteiger partial charge in [0, 0.05) is 25.2 Å². The van der Waals surface area contributed by atoms with Crippen molar-refractivity contribution in [1.29, 1.82) is 0 Å². The molecule has 1 heterocycles. The van der Waals surface area contributed by atoms with Gasteiger partial charge in [-0.25, -0.2) is 8.42 Å². The summed E-state index contributed by atoms with van der Waals surface area (Å²) in [5.74, 6) is -0.425. The highest BCUT2D eigenvalue weighted by Gasteiger charge is 2.39. The molecular weight excluding hydrogens is 346 g/mol. The van der Waals surface area contributed by atoms with Crippen LogP contribution in [0.2, 0.25) is 0 Å². The van der Waals surface area contributed by atoms with Crippen LogP contribution < -0.4 is 5.32 Å². The number of nitro groups is 1. The first-order valence-electron chi connectivity index (χ1n) is 7.50. The number of amides is 1. The van der Waals surface area contributed by atoms with Gasteiger partial charge in [-0.15, -0.1) is 0 Å². The maximum Gasteiger partial charge on any atom is 0.270 e. The molecule has 1 saturated heterocycles. The molecule has 0 aliphatic carbocycles. The van der Waals surface area contributed by atoms with Gasteiger partial charge in [0.05, 0.1) is 9.82 Å². The van der Waals surface area contributed by atoms with Crippen molar-refractivity contribution in [3.63, 3.8) is 0 Å². The number of nitrogens with zero attached hydrogens (tertiary/aromatic N) is 2. The first-order chi connectivity index (χ1) is 11.9. The van der Waals surface area contributed by atoms with E-state index in [-0.39, 0.29) is 23.7 Å². The summed E-state index contributed by atoms with van der Waals surface area (Å²) in [5, 5.41) is 13.6. The van der Waals surface area contributed by atoms with E-state index in [1.54, 1.807) is 30.3 Å². The molecule has 0 saturated carbocycles. The third kappa shape index (κ3) is 3.24. The second-order valence-corrected chi connectivity index (χ2v) is 7.37. The number of benzene rings is 2. The lowest BCUT2D eigenvalue weighted by atomic mass is 10.1. The first kappa shape index (κ1) is 17.1. The molecule has 1 aliphatic rings. The van der Waals surface area contributed by atoms with Gasteiger partial charge in [-0.3, -0.25) is 14.9 Å². The van der Waals surface area contributed by atoms with Crippen LogP contribution in [0.15, 0.2) is 59.5 Å². The van der Waals surface area contributed by atoms with E-state index in [1.165, 1.54) is 18.2 Å². The van der Waals surface area contributed by atoms with Crippen molar-refractivity contribution in [3.8, 4) is 0 Å². The van der Waals surface area contributed by atoms with Gasteiger partial charge in [0.15, 0.2) is 0 Å². The molecule has 9 heteroatoms. The Morgan fingerprint density at radius 3 is 2.52 bits per heavy atom. The number of piperazine rings is 1. The highest BCUT2D eigenvalue weighted by molar-refractivity contribution is 7.89. The average molecular weight is 361 g/mol. The van der Waals surface area contributed by atoms with Crippen LogP contribution >= 0.6 is 0 Å². The fourth-order valence-electron chi connectivity index (χ4n) is 2.75. The van der Waals surface area contributed by atoms with E-state index >= 15 is 0 Å². The fourth-order valence-corrected chi connectivity index (χ4v) is 4.37. The van der Waals surface area contributed by atoms with Gasteiger partial charge in [-0.1, -0.05) is 36.4 Å². The number of hydrogen-bond donors (Lipinski definition) is 1. The smallest absolute Gasteiger partial charge is 0.270 e. The van der Waals surface area contributed by atoms with Crippen molar-refractivity contribution in [1.82, 2.24) is 9.62 Å². The van der Waals surface area contributed by atoms with Crippen LogP contribution in [0.1, 0.15) is 11.6 Å². The van der Waals surface area contributed by atoms with Gasteiger partial charge in [-0.2, -0.15) is 4.31 Å². The third-order valence-corrected chi connectivity index (χ3v) is 5.78. The largest absolute Gasteiger partial charge is 0.353 e. The second kappa shape index (κ2) is 6.61. The van der Waals surface area contributed by atoms with Crippen LogP contribution in [-0.2, 0) is 14.8 Å². The molecule has 0 spiro atoms. The van der Waals surface area contributed by atoms with E-state index in [0.717, 1.165) is 10.4 Å². The molecule has 1 atom stereocenters. The molecule has 0 radical (unpaired) electrons. The number of nitrogens with one attached hydrogen (secondary N) is 1. The summed E-state index contributed by atoms with van der Waals surface area (Å²) in [6, 6.07) is 12.4. The zero-order valence-corrected chi connectivity index (χ0v) is 13.8. The predicted octanol–water partition coefficient (Wildman–Crippen LogP) is 1.46. The molecule has 130 valence electrons. The van der Waals surface area contributed by atoms with Crippen LogP contribution in [0, 0.1) is 10.1 Å². The molecule has 3 rings (SSSR count). The van der Waals surface area contributed by atoms with Gasteiger partial charge >= 0.3 is 0 Å². The van der Waals surface area contributed by atoms with Crippen molar-refractivity contribution in [2.24, 2.45) is 0 Å². The molecule has 2 aromatic rings. The Bertz CT molecular complexity index is 914. The molecule has 8 nitrogen and oxygen atoms in total. The molecule has 1 N–H and O–H groups in total. The molecule has 1 fully saturated rings. The zero-order chi connectivity index (χ0) is 18.0. The SMILES string of the molecule is O=C1NCCN(S(=O)(=O)c2cccc([N+](=O)[O-])c2)C1c1ccccc1. The summed E-state index contributed by atoms with van der Waals surface area (Å²) < 4.78 is 27.1. The highest BCUT2D eigenvalue weighted by Crippen LogP contribution is 2.30. The van der Waals surface area contributed by atoms with Gasteiger partial charge in [-0.05, 0) is 11.6 Å². The van der Waals surface area contributed by atoms with Gasteiger partial charge in [0.1, 0.15) is 6.04 Å². The van der Waals surface area contributed by atoms with E-state index in [9.17, 15) is 23.3 Å². The summed E-state index contributed by atoms with van der Waals surface area (Å²) in [4.78, 5) is 22.4. The van der Waals surface area contributed by atoms with E-state index in [4.69, 9.17) is 0 Å². The highest BCUT2D eigenvalue weighted by atomic mass is 32.2. The number of non-ortho nitro benzene ring substituents is 1. The molecule has 1 aliphatic heterocycles. The Labute approximate surface area is 144 Å². The summed E-state index contributed by atoms with van der Waals surface area (Å²) >= 11 is 0. The Kier molecular flexibility index (Phi) is 4.51. The summed E-state index contributed by atoms with van der Waals surface area (Å²) in [7, 11) is -4.08. The summed E-state index contributed by atoms with van der Waals surface area (Å²) in [6.07, 6.45) is 0. The van der Waals surface area contributed by atoms with Gasteiger partial charge in [0.25, 0.3) is 5.69 Å². The monoisotopic (exact) mass is 361 g/mol. The van der Waals surface area contributed by atoms with Crippen molar-refractivity contribution >= 4 is 21.6 Å². The van der Waals surface area contributed by atoms with Gasteiger partial charge in [0.2, 0.25) is 15.9 Å². The minimum Gasteiger partial charge on any atom is -0.353 e. The third-order valence-electron chi connectivity index (χ3n) is 3.92. The number of hydrogen-bond acceptors (Lipinski definition) is 5. The van der Waals surface area contributed by atoms with Gasteiger partial charge < -0.3 is 5.32 Å². The maximum atomic E-state index is 13.0. The quantitative estimate of drug-likeness (QED) is 0.655. The lowest BCUT2D eigenvalue weighted by molar-refractivity contribution is -0.385. The minimum absolute atomic E-state index is 0.0797. The lowest BCUT2D eigenvalue weighted by Gasteiger charge is -2.34. The van der Waals surface area contributed by atoms with Crippen molar-refractivity contribution in [3.05, 3.63) is 70.3 Å². The molecule has 25 heavy (non-hydrogen) atoms. The standard InChI is InChI=1S/C16H15N3O5S/c20-16-15(12-5-2-1-3-6-12)18(10-9-17-16)25(23,24)14-8-4-7-13(11-14)19(21)22/h1-8,11,15H,9-10H2,(H,17,20). The number of carbonyl (C=O) groups is 1. The van der Waals surface area contributed by atoms with E-state index in [0.29, 0.717) is 5.56 Å². The number of nitro benzene ring substituents is 1. The van der Waals surface area contributed by atoms with Crippen LogP contribution in [-0.4, -0.2) is 36.6 Å². The lowest BCUT2D eigenvalue weighted by Crippen LogP contribution is -2.52. The molecule has 0 aromatic heterocycles. The van der Waals surface area contributed by atoms with Crippen LogP contribution in [0.4, 0.5) is 5.69 Å². The molecule has 0 bridgehead atoms. The van der Waals surface area contributed by atoms with E-state index in [1.807, 2.05) is 0 Å². The number of rotatable bonds is 4. The van der Waals surface area contributed by atoms with Crippen molar-refractivity contribution in [2.45, 2.75) is 10.9 Å². The molecule has 2 aromatic carbocycles. The first-order valence-corrected chi connectivity index (χ1v) is 8.94. The van der Waals surface area contributed by atoms with Crippen molar-refractivity contribution < 1.29 is 18.1 Å². The maximum absolute atomic E-state index is 13.0. The number of carbonyl (C=O) groups excluding carboxylic acids is 1. The Morgan fingerprint density at radius 1 is 1.12 bits per heavy atom. The minimum atomic E-state index is -4.08. The normalized spacial score (nSPS) is 18.6. The Morgan fingerprint density at radius 2 is 1.84 bits per heavy atom. The van der Waals surface area contributed by atoms with Crippen LogP contribution in [0.3, 0.4) is 0 Å². The Hall–Kier alpha value is -2.78. The Balaban J connectivity index is 2.06. The topological polar surface area (TPSA) is 110 Å². The zero-order valence-electron chi connectivity index (χ0n) is 13.0. The summed E-state index contributed by atoms with van der Waals surface area (Å²) in [5.41, 5.74) is 0.215. The molecule has 1 amide bonds.